The molecule has 21 heavy (non-hydrogen) atoms. The summed E-state index contributed by atoms with van der Waals surface area (Å²) in [5, 5.41) is 0. The zero-order valence-electron chi connectivity index (χ0n) is 11.4. The molecule has 1 aliphatic rings. The first kappa shape index (κ1) is 13.4. The summed E-state index contributed by atoms with van der Waals surface area (Å²) < 4.78 is 5.33. The van der Waals surface area contributed by atoms with Crippen LogP contribution in [0.5, 0.6) is 0 Å². The second-order valence-electron chi connectivity index (χ2n) is 4.95. The van der Waals surface area contributed by atoms with Gasteiger partial charge in [-0.15, -0.1) is 0 Å². The molecule has 0 radical (unpaired) electrons. The molecule has 4 nitrogen and oxygen atoms in total. The number of carbonyl (C=O) groups is 2. The molecule has 0 N–H and O–H groups in total. The Kier molecular flexibility index (Phi) is 3.69. The monoisotopic (exact) mass is 281 g/mol. The van der Waals surface area contributed by atoms with Crippen LogP contribution in [-0.2, 0) is 22.6 Å². The Morgan fingerprint density at radius 2 is 1.86 bits per heavy atom. The number of carbonyl (C=O) groups excluding carboxylic acids is 2. The normalized spacial score (nSPS) is 16.4. The molecular formula is C17H15NO3. The van der Waals surface area contributed by atoms with E-state index in [1.165, 1.54) is 4.90 Å². The minimum atomic E-state index is -0.485. The summed E-state index contributed by atoms with van der Waals surface area (Å²) in [6, 6.07) is 16.5. The van der Waals surface area contributed by atoms with E-state index in [1.54, 1.807) is 0 Å². The van der Waals surface area contributed by atoms with E-state index in [9.17, 15) is 9.59 Å². The van der Waals surface area contributed by atoms with E-state index in [4.69, 9.17) is 4.74 Å². The third kappa shape index (κ3) is 2.65. The molecule has 0 aliphatic carbocycles. The first-order valence-electron chi connectivity index (χ1n) is 6.82. The predicted octanol–water partition coefficient (Wildman–Crippen LogP) is 2.95. The van der Waals surface area contributed by atoms with Gasteiger partial charge in [0.1, 0.15) is 12.9 Å². The number of anilines is 1. The summed E-state index contributed by atoms with van der Waals surface area (Å²) in [6.45, 7) is 0.198. The fourth-order valence-electron chi connectivity index (χ4n) is 2.55. The molecule has 1 amide bonds. The lowest BCUT2D eigenvalue weighted by Crippen LogP contribution is -2.39. The number of para-hydroxylation sites is 1. The van der Waals surface area contributed by atoms with Gasteiger partial charge in [-0.05, 0) is 17.2 Å². The first-order valence-corrected chi connectivity index (χ1v) is 6.82. The van der Waals surface area contributed by atoms with E-state index in [2.05, 4.69) is 0 Å². The van der Waals surface area contributed by atoms with Crippen molar-refractivity contribution >= 4 is 18.1 Å². The average molecular weight is 281 g/mol. The Morgan fingerprint density at radius 1 is 1.14 bits per heavy atom. The Bertz CT molecular complexity index is 654. The SMILES string of the molecule is O=C[C@@H]1Cc2ccccc2N1C(=O)OCc1ccccc1. The molecule has 4 heteroatoms. The van der Waals surface area contributed by atoms with Gasteiger partial charge in [0.25, 0.3) is 0 Å². The van der Waals surface area contributed by atoms with E-state index in [1.807, 2.05) is 54.6 Å². The molecule has 0 saturated carbocycles. The maximum absolute atomic E-state index is 12.3. The third-order valence-electron chi connectivity index (χ3n) is 3.57. The van der Waals surface area contributed by atoms with Crippen LogP contribution in [0.4, 0.5) is 10.5 Å². The van der Waals surface area contributed by atoms with Gasteiger partial charge in [-0.3, -0.25) is 4.90 Å². The lowest BCUT2D eigenvalue weighted by atomic mass is 10.1. The van der Waals surface area contributed by atoms with Crippen molar-refractivity contribution in [2.24, 2.45) is 0 Å². The van der Waals surface area contributed by atoms with Gasteiger partial charge in [-0.2, -0.15) is 0 Å². The molecule has 1 atom stereocenters. The van der Waals surface area contributed by atoms with Crippen LogP contribution in [0.1, 0.15) is 11.1 Å². The highest BCUT2D eigenvalue weighted by Crippen LogP contribution is 2.31. The molecule has 1 heterocycles. The van der Waals surface area contributed by atoms with Crippen molar-refractivity contribution in [3.63, 3.8) is 0 Å². The van der Waals surface area contributed by atoms with E-state index in [-0.39, 0.29) is 6.61 Å². The highest BCUT2D eigenvalue weighted by Gasteiger charge is 2.34. The fraction of sp³-hybridized carbons (Fsp3) is 0.176. The Morgan fingerprint density at radius 3 is 2.62 bits per heavy atom. The van der Waals surface area contributed by atoms with Crippen LogP contribution in [0.2, 0.25) is 0 Å². The van der Waals surface area contributed by atoms with Gasteiger partial charge < -0.3 is 9.53 Å². The molecule has 2 aromatic carbocycles. The van der Waals surface area contributed by atoms with Crippen molar-refractivity contribution in [2.75, 3.05) is 4.90 Å². The van der Waals surface area contributed by atoms with Crippen LogP contribution >= 0.6 is 0 Å². The van der Waals surface area contributed by atoms with Crippen LogP contribution < -0.4 is 4.90 Å². The van der Waals surface area contributed by atoms with Crippen molar-refractivity contribution < 1.29 is 14.3 Å². The fourth-order valence-corrected chi connectivity index (χ4v) is 2.55. The van der Waals surface area contributed by atoms with Crippen LogP contribution in [0.15, 0.2) is 54.6 Å². The summed E-state index contributed by atoms with van der Waals surface area (Å²) in [6.07, 6.45) is 0.852. The van der Waals surface area contributed by atoms with Crippen LogP contribution in [0, 0.1) is 0 Å². The number of amides is 1. The maximum atomic E-state index is 12.3. The first-order chi connectivity index (χ1) is 10.3. The quantitative estimate of drug-likeness (QED) is 0.813. The molecule has 2 aromatic rings. The van der Waals surface area contributed by atoms with Crippen molar-refractivity contribution in [1.29, 1.82) is 0 Å². The van der Waals surface area contributed by atoms with Crippen LogP contribution in [0.25, 0.3) is 0 Å². The third-order valence-corrected chi connectivity index (χ3v) is 3.57. The van der Waals surface area contributed by atoms with Gasteiger partial charge in [0.2, 0.25) is 0 Å². The van der Waals surface area contributed by atoms with E-state index < -0.39 is 12.1 Å². The number of fused-ring (bicyclic) bond motifs is 1. The standard InChI is InChI=1S/C17H15NO3/c19-11-15-10-14-8-4-5-9-16(14)18(15)17(20)21-12-13-6-2-1-3-7-13/h1-9,11,15H,10,12H2/t15-/m0/s1. The molecule has 0 saturated heterocycles. The summed E-state index contributed by atoms with van der Waals surface area (Å²) in [5.41, 5.74) is 2.67. The molecule has 0 fully saturated rings. The minimum absolute atomic E-state index is 0.198. The number of nitrogens with zero attached hydrogens (tertiary/aromatic N) is 1. The number of hydrogen-bond donors (Lipinski definition) is 0. The molecular weight excluding hydrogens is 266 g/mol. The lowest BCUT2D eigenvalue weighted by Gasteiger charge is -2.21. The number of ether oxygens (including phenoxy) is 1. The molecule has 0 bridgehead atoms. The smallest absolute Gasteiger partial charge is 0.415 e. The topological polar surface area (TPSA) is 46.6 Å². The minimum Gasteiger partial charge on any atom is -0.444 e. The summed E-state index contributed by atoms with van der Waals surface area (Å²) in [5.74, 6) is 0. The second kappa shape index (κ2) is 5.79. The van der Waals surface area contributed by atoms with Gasteiger partial charge in [0.05, 0.1) is 11.7 Å². The molecule has 0 spiro atoms. The van der Waals surface area contributed by atoms with Crippen LogP contribution in [0.3, 0.4) is 0 Å². The van der Waals surface area contributed by atoms with Gasteiger partial charge in [0.15, 0.2) is 0 Å². The number of hydrogen-bond acceptors (Lipinski definition) is 3. The highest BCUT2D eigenvalue weighted by atomic mass is 16.6. The maximum Gasteiger partial charge on any atom is 0.415 e. The predicted molar refractivity (Wildman–Crippen MR) is 79.1 cm³/mol. The number of benzene rings is 2. The van der Waals surface area contributed by atoms with Crippen molar-refractivity contribution in [1.82, 2.24) is 0 Å². The summed E-state index contributed by atoms with van der Waals surface area (Å²) in [7, 11) is 0. The Balaban J connectivity index is 1.75. The zero-order valence-corrected chi connectivity index (χ0v) is 11.4. The molecule has 0 aromatic heterocycles. The second-order valence-corrected chi connectivity index (χ2v) is 4.95. The van der Waals surface area contributed by atoms with Crippen molar-refractivity contribution in [2.45, 2.75) is 19.1 Å². The highest BCUT2D eigenvalue weighted by molar-refractivity contribution is 5.95. The van der Waals surface area contributed by atoms with E-state index in [0.29, 0.717) is 6.42 Å². The molecule has 1 aliphatic heterocycles. The summed E-state index contributed by atoms with van der Waals surface area (Å²) >= 11 is 0. The van der Waals surface area contributed by atoms with Crippen molar-refractivity contribution in [3.8, 4) is 0 Å². The van der Waals surface area contributed by atoms with Crippen molar-refractivity contribution in [3.05, 3.63) is 65.7 Å². The van der Waals surface area contributed by atoms with Gasteiger partial charge in [0, 0.05) is 6.42 Å². The average Bonchev–Trinajstić information content (AvgIpc) is 2.92. The number of rotatable bonds is 3. The molecule has 0 unspecified atom stereocenters. The Labute approximate surface area is 123 Å². The van der Waals surface area contributed by atoms with E-state index in [0.717, 1.165) is 23.1 Å². The summed E-state index contributed by atoms with van der Waals surface area (Å²) in [4.78, 5) is 24.9. The Hall–Kier alpha value is -2.62. The zero-order chi connectivity index (χ0) is 14.7. The molecule has 106 valence electrons. The van der Waals surface area contributed by atoms with E-state index >= 15 is 0 Å². The molecule has 3 rings (SSSR count). The van der Waals surface area contributed by atoms with Gasteiger partial charge in [-0.25, -0.2) is 4.79 Å². The lowest BCUT2D eigenvalue weighted by molar-refractivity contribution is -0.108. The van der Waals surface area contributed by atoms with Gasteiger partial charge in [-0.1, -0.05) is 48.5 Å². The number of aldehydes is 1. The van der Waals surface area contributed by atoms with Gasteiger partial charge >= 0.3 is 6.09 Å². The largest absolute Gasteiger partial charge is 0.444 e. The van der Waals surface area contributed by atoms with Crippen LogP contribution in [-0.4, -0.2) is 18.4 Å².